The van der Waals surface area contributed by atoms with Gasteiger partial charge in [0.1, 0.15) is 6.04 Å². The van der Waals surface area contributed by atoms with Crippen LogP contribution in [0.15, 0.2) is 72.8 Å². The zero-order valence-corrected chi connectivity index (χ0v) is 21.2. The van der Waals surface area contributed by atoms with Crippen LogP contribution < -0.4 is 5.32 Å². The average Bonchev–Trinajstić information content (AvgIpc) is 2.83. The highest BCUT2D eigenvalue weighted by atomic mass is 35.5. The minimum Gasteiger partial charge on any atom is -0.354 e. The number of benzene rings is 3. The Hall–Kier alpha value is -2.53. The number of halogens is 3. The number of carbonyl (C=O) groups excluding carboxylic acids is 2. The Bertz CT molecular complexity index is 1080. The zero-order valence-electron chi connectivity index (χ0n) is 18.9. The fraction of sp³-hybridized carbons (Fsp3) is 0.259. The van der Waals surface area contributed by atoms with Crippen molar-refractivity contribution in [2.75, 3.05) is 6.54 Å². The predicted octanol–water partition coefficient (Wildman–Crippen LogP) is 6.36. The van der Waals surface area contributed by atoms with E-state index in [1.54, 1.807) is 35.2 Å². The molecular formula is C27H27Cl3N2O2. The molecule has 0 radical (unpaired) electrons. The van der Waals surface area contributed by atoms with Gasteiger partial charge in [-0.25, -0.2) is 0 Å². The van der Waals surface area contributed by atoms with E-state index in [4.69, 9.17) is 34.8 Å². The Labute approximate surface area is 215 Å². The standard InChI is InChI=1S/C27H27Cl3N2O2/c1-2-15-31-27(34)25(16-19-7-4-3-5-8-19)32(18-22-23(29)9-6-10-24(22)30)26(33)17-20-11-13-21(28)14-12-20/h3-14,25H,2,15-18H2,1H3,(H,31,34)/t25-/m1/s1. The second-order valence-corrected chi connectivity index (χ2v) is 9.27. The van der Waals surface area contributed by atoms with Gasteiger partial charge in [-0.2, -0.15) is 0 Å². The molecule has 0 saturated carbocycles. The lowest BCUT2D eigenvalue weighted by Crippen LogP contribution is -2.51. The minimum atomic E-state index is -0.735. The lowest BCUT2D eigenvalue weighted by atomic mass is 10.0. The molecule has 4 nitrogen and oxygen atoms in total. The molecule has 0 aliphatic rings. The second kappa shape index (κ2) is 12.8. The molecule has 1 N–H and O–H groups in total. The highest BCUT2D eigenvalue weighted by Crippen LogP contribution is 2.27. The molecule has 0 aliphatic heterocycles. The van der Waals surface area contributed by atoms with Crippen molar-refractivity contribution in [3.8, 4) is 0 Å². The van der Waals surface area contributed by atoms with Crippen LogP contribution in [0.1, 0.15) is 30.0 Å². The van der Waals surface area contributed by atoms with Crippen molar-refractivity contribution in [3.63, 3.8) is 0 Å². The summed E-state index contributed by atoms with van der Waals surface area (Å²) >= 11 is 18.9. The first-order valence-electron chi connectivity index (χ1n) is 11.2. The summed E-state index contributed by atoms with van der Waals surface area (Å²) < 4.78 is 0. The summed E-state index contributed by atoms with van der Waals surface area (Å²) in [5.74, 6) is -0.413. The van der Waals surface area contributed by atoms with E-state index < -0.39 is 6.04 Å². The summed E-state index contributed by atoms with van der Waals surface area (Å²) in [6.45, 7) is 2.62. The van der Waals surface area contributed by atoms with Gasteiger partial charge in [0.25, 0.3) is 0 Å². The van der Waals surface area contributed by atoms with Gasteiger partial charge in [-0.15, -0.1) is 0 Å². The first kappa shape index (κ1) is 26.1. The largest absolute Gasteiger partial charge is 0.354 e. The summed E-state index contributed by atoms with van der Waals surface area (Å²) in [4.78, 5) is 28.6. The van der Waals surface area contributed by atoms with Crippen molar-refractivity contribution < 1.29 is 9.59 Å². The molecule has 2 amide bonds. The van der Waals surface area contributed by atoms with Crippen LogP contribution in [-0.4, -0.2) is 29.3 Å². The van der Waals surface area contributed by atoms with Crippen LogP contribution in [0.2, 0.25) is 15.1 Å². The van der Waals surface area contributed by atoms with Crippen LogP contribution in [0.3, 0.4) is 0 Å². The number of rotatable bonds is 10. The molecule has 0 fully saturated rings. The zero-order chi connectivity index (χ0) is 24.5. The maximum atomic E-state index is 13.7. The molecule has 3 aromatic rings. The van der Waals surface area contributed by atoms with Crippen LogP contribution in [0.4, 0.5) is 0 Å². The van der Waals surface area contributed by atoms with Gasteiger partial charge < -0.3 is 10.2 Å². The molecule has 0 heterocycles. The first-order valence-corrected chi connectivity index (χ1v) is 12.3. The fourth-order valence-electron chi connectivity index (χ4n) is 3.65. The van der Waals surface area contributed by atoms with Gasteiger partial charge in [-0.3, -0.25) is 9.59 Å². The van der Waals surface area contributed by atoms with Crippen molar-refractivity contribution >= 4 is 46.6 Å². The molecule has 3 aromatic carbocycles. The minimum absolute atomic E-state index is 0.113. The molecular weight excluding hydrogens is 491 g/mol. The maximum absolute atomic E-state index is 13.7. The Kier molecular flexibility index (Phi) is 9.82. The van der Waals surface area contributed by atoms with Crippen molar-refractivity contribution in [2.24, 2.45) is 0 Å². The Balaban J connectivity index is 1.99. The molecule has 0 aliphatic carbocycles. The van der Waals surface area contributed by atoms with E-state index in [1.807, 2.05) is 49.4 Å². The Morgan fingerprint density at radius 3 is 2.12 bits per heavy atom. The molecule has 0 unspecified atom stereocenters. The van der Waals surface area contributed by atoms with Crippen molar-refractivity contribution in [1.29, 1.82) is 0 Å². The third-order valence-electron chi connectivity index (χ3n) is 5.48. The molecule has 178 valence electrons. The quantitative estimate of drug-likeness (QED) is 0.340. The van der Waals surface area contributed by atoms with E-state index in [0.29, 0.717) is 33.6 Å². The molecule has 1 atom stereocenters. The van der Waals surface area contributed by atoms with Crippen molar-refractivity contribution in [2.45, 2.75) is 38.8 Å². The van der Waals surface area contributed by atoms with Crippen LogP contribution >= 0.6 is 34.8 Å². The van der Waals surface area contributed by atoms with E-state index in [-0.39, 0.29) is 24.8 Å². The highest BCUT2D eigenvalue weighted by molar-refractivity contribution is 6.36. The smallest absolute Gasteiger partial charge is 0.243 e. The molecule has 0 spiro atoms. The normalized spacial score (nSPS) is 11.6. The summed E-state index contributed by atoms with van der Waals surface area (Å²) in [5, 5.41) is 4.45. The van der Waals surface area contributed by atoms with Crippen molar-refractivity contribution in [1.82, 2.24) is 10.2 Å². The van der Waals surface area contributed by atoms with Crippen LogP contribution in [0.5, 0.6) is 0 Å². The second-order valence-electron chi connectivity index (χ2n) is 8.02. The van der Waals surface area contributed by atoms with Crippen LogP contribution in [0, 0.1) is 0 Å². The number of nitrogens with zero attached hydrogens (tertiary/aromatic N) is 1. The van der Waals surface area contributed by atoms with Gasteiger partial charge >= 0.3 is 0 Å². The number of amides is 2. The highest BCUT2D eigenvalue weighted by Gasteiger charge is 2.31. The number of nitrogens with one attached hydrogen (secondary N) is 1. The third-order valence-corrected chi connectivity index (χ3v) is 6.44. The Morgan fingerprint density at radius 2 is 1.50 bits per heavy atom. The molecule has 7 heteroatoms. The molecule has 0 aromatic heterocycles. The summed E-state index contributed by atoms with van der Waals surface area (Å²) in [6.07, 6.45) is 1.27. The lowest BCUT2D eigenvalue weighted by Gasteiger charge is -2.32. The van der Waals surface area contributed by atoms with E-state index in [2.05, 4.69) is 5.32 Å². The number of hydrogen-bond acceptors (Lipinski definition) is 2. The summed E-state index contributed by atoms with van der Waals surface area (Å²) in [5.41, 5.74) is 2.36. The van der Waals surface area contributed by atoms with E-state index in [1.165, 1.54) is 0 Å². The third kappa shape index (κ3) is 7.23. The van der Waals surface area contributed by atoms with Gasteiger partial charge in [-0.05, 0) is 41.8 Å². The van der Waals surface area contributed by atoms with Crippen molar-refractivity contribution in [3.05, 3.63) is 105 Å². The molecule has 34 heavy (non-hydrogen) atoms. The number of hydrogen-bond donors (Lipinski definition) is 1. The van der Waals surface area contributed by atoms with E-state index >= 15 is 0 Å². The fourth-order valence-corrected chi connectivity index (χ4v) is 4.30. The molecule has 0 saturated heterocycles. The topological polar surface area (TPSA) is 49.4 Å². The first-order chi connectivity index (χ1) is 16.4. The monoisotopic (exact) mass is 516 g/mol. The van der Waals surface area contributed by atoms with E-state index in [9.17, 15) is 9.59 Å². The van der Waals surface area contributed by atoms with E-state index in [0.717, 1.165) is 17.5 Å². The van der Waals surface area contributed by atoms with Crippen LogP contribution in [-0.2, 0) is 29.0 Å². The van der Waals surface area contributed by atoms with Gasteiger partial charge in [-0.1, -0.05) is 90.3 Å². The van der Waals surface area contributed by atoms with Gasteiger partial charge in [0, 0.05) is 40.1 Å². The van der Waals surface area contributed by atoms with Gasteiger partial charge in [0.2, 0.25) is 11.8 Å². The lowest BCUT2D eigenvalue weighted by molar-refractivity contribution is -0.140. The number of carbonyl (C=O) groups is 2. The summed E-state index contributed by atoms with van der Waals surface area (Å²) in [7, 11) is 0. The van der Waals surface area contributed by atoms with Crippen LogP contribution in [0.25, 0.3) is 0 Å². The average molecular weight is 518 g/mol. The SMILES string of the molecule is CCCNC(=O)[C@@H](Cc1ccccc1)N(Cc1c(Cl)cccc1Cl)C(=O)Cc1ccc(Cl)cc1. The molecule has 0 bridgehead atoms. The molecule has 3 rings (SSSR count). The Morgan fingerprint density at radius 1 is 0.853 bits per heavy atom. The van der Waals surface area contributed by atoms with Gasteiger partial charge in [0.05, 0.1) is 6.42 Å². The van der Waals surface area contributed by atoms with Gasteiger partial charge in [0.15, 0.2) is 0 Å². The maximum Gasteiger partial charge on any atom is 0.243 e. The summed E-state index contributed by atoms with van der Waals surface area (Å²) in [6, 6.07) is 21.2. The predicted molar refractivity (Wildman–Crippen MR) is 139 cm³/mol.